The second-order valence-corrected chi connectivity index (χ2v) is 6.12. The van der Waals surface area contributed by atoms with Crippen molar-refractivity contribution in [3.63, 3.8) is 0 Å². The van der Waals surface area contributed by atoms with Crippen molar-refractivity contribution in [3.05, 3.63) is 71.8 Å². The summed E-state index contributed by atoms with van der Waals surface area (Å²) in [7, 11) is 0. The molecule has 4 atom stereocenters. The van der Waals surface area contributed by atoms with E-state index in [1.807, 2.05) is 50.2 Å². The first-order chi connectivity index (χ1) is 12.1. The molecule has 25 heavy (non-hydrogen) atoms. The Labute approximate surface area is 149 Å². The van der Waals surface area contributed by atoms with Crippen LogP contribution in [0.25, 0.3) is 0 Å². The van der Waals surface area contributed by atoms with Crippen molar-refractivity contribution in [2.45, 2.75) is 50.9 Å². The van der Waals surface area contributed by atoms with Crippen LogP contribution in [-0.4, -0.2) is 34.5 Å². The minimum Gasteiger partial charge on any atom is -0.456 e. The average molecular weight is 342 g/mol. The lowest BCUT2D eigenvalue weighted by Gasteiger charge is -2.31. The molecule has 0 spiro atoms. The number of aliphatic hydroxyl groups is 2. The third kappa shape index (κ3) is 4.91. The number of carbonyl (C=O) groups excluding carboxylic acids is 1. The normalized spacial score (nSPS) is 15.8. The quantitative estimate of drug-likeness (QED) is 0.720. The number of hydrogen-bond donors (Lipinski definition) is 2. The topological polar surface area (TPSA) is 66.8 Å². The molecule has 0 bridgehead atoms. The van der Waals surface area contributed by atoms with Crippen LogP contribution >= 0.6 is 0 Å². The van der Waals surface area contributed by atoms with Gasteiger partial charge in [0.1, 0.15) is 12.2 Å². The standard InChI is InChI=1S/C21H26O4/c1-3-17(15-11-7-5-8-12-15)19(22)20(23)18(4-2)25-21(24)16-13-9-6-10-14-16/h5-14,17-20,22-23H,3-4H2,1-2H3. The van der Waals surface area contributed by atoms with Crippen LogP contribution in [0.1, 0.15) is 48.5 Å². The molecule has 0 saturated carbocycles. The highest BCUT2D eigenvalue weighted by Gasteiger charge is 2.33. The highest BCUT2D eigenvalue weighted by atomic mass is 16.6. The summed E-state index contributed by atoms with van der Waals surface area (Å²) >= 11 is 0. The van der Waals surface area contributed by atoms with E-state index in [1.54, 1.807) is 24.3 Å². The van der Waals surface area contributed by atoms with Gasteiger partial charge in [-0.2, -0.15) is 0 Å². The number of esters is 1. The van der Waals surface area contributed by atoms with Gasteiger partial charge >= 0.3 is 5.97 Å². The molecule has 0 aliphatic carbocycles. The van der Waals surface area contributed by atoms with E-state index >= 15 is 0 Å². The van der Waals surface area contributed by atoms with Crippen molar-refractivity contribution in [2.75, 3.05) is 0 Å². The SMILES string of the molecule is CCC(OC(=O)c1ccccc1)C(O)C(O)C(CC)c1ccccc1. The number of ether oxygens (including phenoxy) is 1. The van der Waals surface area contributed by atoms with Gasteiger partial charge in [0.2, 0.25) is 0 Å². The molecule has 4 heteroatoms. The van der Waals surface area contributed by atoms with Gasteiger partial charge in [-0.25, -0.2) is 4.79 Å². The summed E-state index contributed by atoms with van der Waals surface area (Å²) in [6, 6.07) is 18.2. The van der Waals surface area contributed by atoms with Gasteiger partial charge in [0.15, 0.2) is 0 Å². The maximum Gasteiger partial charge on any atom is 0.338 e. The Morgan fingerprint density at radius 3 is 1.96 bits per heavy atom. The number of hydrogen-bond acceptors (Lipinski definition) is 4. The smallest absolute Gasteiger partial charge is 0.338 e. The molecule has 2 aromatic rings. The van der Waals surface area contributed by atoms with Gasteiger partial charge in [0, 0.05) is 5.92 Å². The molecule has 0 aromatic heterocycles. The van der Waals surface area contributed by atoms with Gasteiger partial charge in [-0.1, -0.05) is 62.4 Å². The first-order valence-electron chi connectivity index (χ1n) is 8.75. The fourth-order valence-electron chi connectivity index (χ4n) is 3.01. The zero-order valence-electron chi connectivity index (χ0n) is 14.7. The number of carbonyl (C=O) groups is 1. The Morgan fingerprint density at radius 1 is 0.880 bits per heavy atom. The average Bonchev–Trinajstić information content (AvgIpc) is 2.67. The van der Waals surface area contributed by atoms with Crippen molar-refractivity contribution in [1.82, 2.24) is 0 Å². The molecule has 0 heterocycles. The Morgan fingerprint density at radius 2 is 1.44 bits per heavy atom. The summed E-state index contributed by atoms with van der Waals surface area (Å²) in [5.41, 5.74) is 1.39. The van der Waals surface area contributed by atoms with Gasteiger partial charge in [0.05, 0.1) is 11.7 Å². The highest BCUT2D eigenvalue weighted by Crippen LogP contribution is 2.27. The van der Waals surface area contributed by atoms with Gasteiger partial charge in [0.25, 0.3) is 0 Å². The molecule has 2 rings (SSSR count). The molecule has 2 N–H and O–H groups in total. The van der Waals surface area contributed by atoms with Crippen LogP contribution in [-0.2, 0) is 4.74 Å². The summed E-state index contributed by atoms with van der Waals surface area (Å²) in [5, 5.41) is 21.3. The molecule has 0 amide bonds. The molecule has 2 aromatic carbocycles. The summed E-state index contributed by atoms with van der Waals surface area (Å²) in [6.45, 7) is 3.78. The largest absolute Gasteiger partial charge is 0.456 e. The van der Waals surface area contributed by atoms with E-state index in [4.69, 9.17) is 4.74 Å². The van der Waals surface area contributed by atoms with Crippen molar-refractivity contribution in [1.29, 1.82) is 0 Å². The maximum absolute atomic E-state index is 12.2. The Balaban J connectivity index is 2.09. The van der Waals surface area contributed by atoms with Crippen LogP contribution in [0.4, 0.5) is 0 Å². The number of benzene rings is 2. The van der Waals surface area contributed by atoms with Crippen molar-refractivity contribution < 1.29 is 19.7 Å². The van der Waals surface area contributed by atoms with Crippen molar-refractivity contribution >= 4 is 5.97 Å². The lowest BCUT2D eigenvalue weighted by Crippen LogP contribution is -2.42. The van der Waals surface area contributed by atoms with E-state index in [2.05, 4.69) is 0 Å². The van der Waals surface area contributed by atoms with E-state index in [0.29, 0.717) is 18.4 Å². The summed E-state index contributed by atoms with van der Waals surface area (Å²) in [6.07, 6.45) is -1.84. The van der Waals surface area contributed by atoms with Crippen LogP contribution in [0.3, 0.4) is 0 Å². The fraction of sp³-hybridized carbons (Fsp3) is 0.381. The van der Waals surface area contributed by atoms with Crippen molar-refractivity contribution in [3.8, 4) is 0 Å². The Kier molecular flexibility index (Phi) is 7.16. The molecule has 0 aliphatic heterocycles. The van der Waals surface area contributed by atoms with Gasteiger partial charge in [-0.05, 0) is 30.5 Å². The summed E-state index contributed by atoms with van der Waals surface area (Å²) < 4.78 is 5.45. The van der Waals surface area contributed by atoms with E-state index in [9.17, 15) is 15.0 Å². The zero-order valence-corrected chi connectivity index (χ0v) is 14.7. The van der Waals surface area contributed by atoms with Crippen LogP contribution in [0.2, 0.25) is 0 Å². The van der Waals surface area contributed by atoms with Crippen LogP contribution < -0.4 is 0 Å². The third-order valence-electron chi connectivity index (χ3n) is 4.48. The fourth-order valence-corrected chi connectivity index (χ4v) is 3.01. The summed E-state index contributed by atoms with van der Waals surface area (Å²) in [4.78, 5) is 12.2. The van der Waals surface area contributed by atoms with Crippen molar-refractivity contribution in [2.24, 2.45) is 0 Å². The molecule has 4 unspecified atom stereocenters. The van der Waals surface area contributed by atoms with Crippen LogP contribution in [0, 0.1) is 0 Å². The van der Waals surface area contributed by atoms with Gasteiger partial charge in [-0.15, -0.1) is 0 Å². The van der Waals surface area contributed by atoms with Gasteiger partial charge in [-0.3, -0.25) is 0 Å². The molecule has 4 nitrogen and oxygen atoms in total. The second kappa shape index (κ2) is 9.35. The van der Waals surface area contributed by atoms with E-state index in [0.717, 1.165) is 5.56 Å². The molecular weight excluding hydrogens is 316 g/mol. The first kappa shape index (κ1) is 19.2. The van der Waals surface area contributed by atoms with Crippen LogP contribution in [0.15, 0.2) is 60.7 Å². The van der Waals surface area contributed by atoms with E-state index in [1.165, 1.54) is 0 Å². The number of aliphatic hydroxyl groups excluding tert-OH is 2. The second-order valence-electron chi connectivity index (χ2n) is 6.12. The third-order valence-corrected chi connectivity index (χ3v) is 4.48. The van der Waals surface area contributed by atoms with Gasteiger partial charge < -0.3 is 14.9 Å². The Hall–Kier alpha value is -2.17. The zero-order chi connectivity index (χ0) is 18.2. The molecule has 0 saturated heterocycles. The predicted molar refractivity (Wildman–Crippen MR) is 97.4 cm³/mol. The molecule has 0 radical (unpaired) electrons. The summed E-state index contributed by atoms with van der Waals surface area (Å²) in [5.74, 6) is -0.716. The minimum absolute atomic E-state index is 0.222. The Bertz CT molecular complexity index is 641. The lowest BCUT2D eigenvalue weighted by atomic mass is 9.86. The van der Waals surface area contributed by atoms with E-state index < -0.39 is 24.3 Å². The number of rotatable bonds is 8. The van der Waals surface area contributed by atoms with Crippen LogP contribution in [0.5, 0.6) is 0 Å². The minimum atomic E-state index is -1.15. The molecule has 0 fully saturated rings. The monoisotopic (exact) mass is 342 g/mol. The highest BCUT2D eigenvalue weighted by molar-refractivity contribution is 5.89. The molecular formula is C21H26O4. The molecule has 134 valence electrons. The predicted octanol–water partition coefficient (Wildman–Crippen LogP) is 3.54. The first-order valence-corrected chi connectivity index (χ1v) is 8.75. The molecule has 0 aliphatic rings. The lowest BCUT2D eigenvalue weighted by molar-refractivity contribution is -0.0790. The van der Waals surface area contributed by atoms with E-state index in [-0.39, 0.29) is 5.92 Å². The maximum atomic E-state index is 12.2.